The molecule has 0 aromatic carbocycles. The van der Waals surface area contributed by atoms with Crippen molar-refractivity contribution in [2.45, 2.75) is 45.7 Å². The van der Waals surface area contributed by atoms with E-state index in [1.54, 1.807) is 6.92 Å². The maximum atomic E-state index is 12.8. The minimum Gasteiger partial charge on any atom is -0.337 e. The van der Waals surface area contributed by atoms with Crippen molar-refractivity contribution in [1.82, 2.24) is 14.5 Å². The number of carbonyl (C=O) groups is 1. The molecule has 2 aliphatic rings. The van der Waals surface area contributed by atoms with Crippen molar-refractivity contribution in [3.8, 4) is 0 Å². The van der Waals surface area contributed by atoms with Crippen LogP contribution in [0.5, 0.6) is 0 Å². The zero-order valence-electron chi connectivity index (χ0n) is 14.2. The molecule has 0 saturated heterocycles. The van der Waals surface area contributed by atoms with E-state index in [1.807, 2.05) is 4.90 Å². The lowest BCUT2D eigenvalue weighted by molar-refractivity contribution is -0.136. The second kappa shape index (κ2) is 6.29. The predicted octanol–water partition coefficient (Wildman–Crippen LogP) is 2.01. The fourth-order valence-corrected chi connectivity index (χ4v) is 5.11. The van der Waals surface area contributed by atoms with Crippen LogP contribution >= 0.6 is 11.3 Å². The molecule has 0 saturated carbocycles. The van der Waals surface area contributed by atoms with Crippen molar-refractivity contribution in [2.24, 2.45) is 5.92 Å². The van der Waals surface area contributed by atoms with Gasteiger partial charge in [-0.05, 0) is 38.2 Å². The first-order chi connectivity index (χ1) is 12.1. The molecule has 0 radical (unpaired) electrons. The Morgan fingerprint density at radius 2 is 2.20 bits per heavy atom. The Bertz CT molecular complexity index is 982. The molecule has 0 spiro atoms. The van der Waals surface area contributed by atoms with Crippen molar-refractivity contribution in [1.29, 1.82) is 0 Å². The summed E-state index contributed by atoms with van der Waals surface area (Å²) < 4.78 is 1.24. The van der Waals surface area contributed by atoms with E-state index in [0.29, 0.717) is 36.3 Å². The van der Waals surface area contributed by atoms with Crippen LogP contribution in [-0.2, 0) is 24.3 Å². The molecule has 2 aromatic rings. The predicted molar refractivity (Wildman–Crippen MR) is 98.0 cm³/mol. The number of amides is 1. The molecular weight excluding hydrogens is 338 g/mol. The number of H-pyrrole nitrogens is 1. The van der Waals surface area contributed by atoms with Crippen LogP contribution in [0.15, 0.2) is 21.7 Å². The molecule has 0 fully saturated rings. The molecule has 1 atom stereocenters. The third kappa shape index (κ3) is 2.66. The number of hydrogen-bond donors (Lipinski definition) is 1. The number of aromatic nitrogens is 2. The first kappa shape index (κ1) is 16.3. The molecule has 1 aliphatic heterocycles. The van der Waals surface area contributed by atoms with Crippen LogP contribution in [-0.4, -0.2) is 26.9 Å². The number of allylic oxidation sites excluding steroid dienone is 2. The molecule has 25 heavy (non-hydrogen) atoms. The Labute approximate surface area is 148 Å². The van der Waals surface area contributed by atoms with Gasteiger partial charge < -0.3 is 4.90 Å². The van der Waals surface area contributed by atoms with E-state index >= 15 is 0 Å². The number of hydrogen-bond acceptors (Lipinski definition) is 4. The molecule has 0 bridgehead atoms. The van der Waals surface area contributed by atoms with Gasteiger partial charge >= 0.3 is 5.69 Å². The van der Waals surface area contributed by atoms with Gasteiger partial charge in [-0.3, -0.25) is 19.1 Å². The largest absolute Gasteiger partial charge is 0.337 e. The van der Waals surface area contributed by atoms with Crippen molar-refractivity contribution in [3.05, 3.63) is 43.4 Å². The lowest BCUT2D eigenvalue weighted by Gasteiger charge is -2.31. The van der Waals surface area contributed by atoms with Gasteiger partial charge in [0.2, 0.25) is 5.91 Å². The summed E-state index contributed by atoms with van der Waals surface area (Å²) in [6, 6.07) is 0. The smallest absolute Gasteiger partial charge is 0.329 e. The first-order valence-corrected chi connectivity index (χ1v) is 9.63. The minimum atomic E-state index is -0.361. The summed E-state index contributed by atoms with van der Waals surface area (Å²) in [5.41, 5.74) is 0.438. The molecule has 1 aliphatic carbocycles. The van der Waals surface area contributed by atoms with Crippen LogP contribution in [0.1, 0.15) is 36.6 Å². The lowest BCUT2D eigenvalue weighted by Crippen LogP contribution is -2.40. The number of thiophene rings is 1. The molecule has 4 rings (SSSR count). The SMILES string of the molecule is CCn1c(=O)[nH]c2sc3c(c2c1=O)CCN(C(=O)C1CC=CCC1)C3. The standard InChI is InChI=1S/C18H21N3O3S/c1-2-21-17(23)14-12-8-9-20(16(22)11-6-4-3-5-7-11)10-13(12)25-15(14)19-18(21)24/h3-4,11H,2,5-10H2,1H3,(H,19,24). The molecule has 2 aromatic heterocycles. The molecule has 132 valence electrons. The van der Waals surface area contributed by atoms with Gasteiger partial charge in [-0.25, -0.2) is 4.79 Å². The second-order valence-corrected chi connectivity index (χ2v) is 7.78. The fourth-order valence-electron chi connectivity index (χ4n) is 3.86. The summed E-state index contributed by atoms with van der Waals surface area (Å²) in [6.45, 7) is 3.33. The molecule has 1 unspecified atom stereocenters. The van der Waals surface area contributed by atoms with Crippen molar-refractivity contribution in [2.75, 3.05) is 6.54 Å². The number of nitrogens with one attached hydrogen (secondary N) is 1. The van der Waals surface area contributed by atoms with Crippen LogP contribution in [0.4, 0.5) is 0 Å². The Morgan fingerprint density at radius 3 is 2.92 bits per heavy atom. The Morgan fingerprint density at radius 1 is 1.36 bits per heavy atom. The maximum Gasteiger partial charge on any atom is 0.329 e. The average molecular weight is 359 g/mol. The zero-order valence-corrected chi connectivity index (χ0v) is 15.0. The molecule has 7 heteroatoms. The Balaban J connectivity index is 1.69. The van der Waals surface area contributed by atoms with E-state index in [1.165, 1.54) is 15.9 Å². The first-order valence-electron chi connectivity index (χ1n) is 8.81. The van der Waals surface area contributed by atoms with Crippen molar-refractivity contribution >= 4 is 27.5 Å². The molecule has 1 amide bonds. The van der Waals surface area contributed by atoms with E-state index in [9.17, 15) is 14.4 Å². The number of aromatic amines is 1. The fraction of sp³-hybridized carbons (Fsp3) is 0.500. The van der Waals surface area contributed by atoms with E-state index < -0.39 is 0 Å². The third-order valence-corrected chi connectivity index (χ3v) is 6.36. The van der Waals surface area contributed by atoms with Crippen LogP contribution in [0.3, 0.4) is 0 Å². The normalized spacial score (nSPS) is 20.0. The van der Waals surface area contributed by atoms with Gasteiger partial charge in [0.05, 0.1) is 11.9 Å². The van der Waals surface area contributed by atoms with Gasteiger partial charge in [-0.1, -0.05) is 12.2 Å². The summed E-state index contributed by atoms with van der Waals surface area (Å²) in [4.78, 5) is 43.8. The minimum absolute atomic E-state index is 0.0815. The molecular formula is C18H21N3O3S. The van der Waals surface area contributed by atoms with E-state index in [2.05, 4.69) is 17.1 Å². The van der Waals surface area contributed by atoms with E-state index in [-0.39, 0.29) is 23.1 Å². The maximum absolute atomic E-state index is 12.8. The number of rotatable bonds is 2. The van der Waals surface area contributed by atoms with Crippen LogP contribution in [0.25, 0.3) is 10.2 Å². The van der Waals surface area contributed by atoms with Crippen LogP contribution in [0, 0.1) is 5.92 Å². The second-order valence-electron chi connectivity index (χ2n) is 6.68. The Hall–Kier alpha value is -2.15. The molecule has 1 N–H and O–H groups in total. The van der Waals surface area contributed by atoms with Gasteiger partial charge in [-0.2, -0.15) is 0 Å². The van der Waals surface area contributed by atoms with Gasteiger partial charge in [0.1, 0.15) is 4.83 Å². The summed E-state index contributed by atoms with van der Waals surface area (Å²) in [7, 11) is 0. The van der Waals surface area contributed by atoms with Gasteiger partial charge in [0.25, 0.3) is 5.56 Å². The van der Waals surface area contributed by atoms with Crippen LogP contribution in [0.2, 0.25) is 0 Å². The van der Waals surface area contributed by atoms with Crippen molar-refractivity contribution < 1.29 is 4.79 Å². The summed E-state index contributed by atoms with van der Waals surface area (Å²) in [6.07, 6.45) is 7.62. The zero-order chi connectivity index (χ0) is 17.6. The van der Waals surface area contributed by atoms with Gasteiger partial charge in [0, 0.05) is 23.9 Å². The highest BCUT2D eigenvalue weighted by Gasteiger charge is 2.30. The van der Waals surface area contributed by atoms with E-state index in [0.717, 1.165) is 29.7 Å². The highest BCUT2D eigenvalue weighted by molar-refractivity contribution is 7.18. The van der Waals surface area contributed by atoms with E-state index in [4.69, 9.17) is 0 Å². The highest BCUT2D eigenvalue weighted by atomic mass is 32.1. The lowest BCUT2D eigenvalue weighted by atomic mass is 9.92. The van der Waals surface area contributed by atoms with Gasteiger partial charge in [-0.15, -0.1) is 11.3 Å². The average Bonchev–Trinajstić information content (AvgIpc) is 2.99. The molecule has 3 heterocycles. The topological polar surface area (TPSA) is 75.2 Å². The number of carbonyl (C=O) groups excluding carboxylic acids is 1. The van der Waals surface area contributed by atoms with Crippen LogP contribution < -0.4 is 11.2 Å². The Kier molecular flexibility index (Phi) is 4.11. The summed E-state index contributed by atoms with van der Waals surface area (Å²) >= 11 is 1.44. The number of fused-ring (bicyclic) bond motifs is 3. The molecule has 6 nitrogen and oxygen atoms in total. The highest BCUT2D eigenvalue weighted by Crippen LogP contribution is 2.33. The quantitative estimate of drug-likeness (QED) is 0.834. The summed E-state index contributed by atoms with van der Waals surface area (Å²) in [5, 5.41) is 0.633. The third-order valence-electron chi connectivity index (χ3n) is 5.23. The van der Waals surface area contributed by atoms with Crippen molar-refractivity contribution in [3.63, 3.8) is 0 Å². The summed E-state index contributed by atoms with van der Waals surface area (Å²) in [5.74, 6) is 0.296. The van der Waals surface area contributed by atoms with Gasteiger partial charge in [0.15, 0.2) is 0 Å². The number of nitrogens with zero attached hydrogens (tertiary/aromatic N) is 2. The monoisotopic (exact) mass is 359 g/mol.